The summed E-state index contributed by atoms with van der Waals surface area (Å²) < 4.78 is 10.1. The topological polar surface area (TPSA) is 97.8 Å². The molecular formula is C18H20N2O5. The van der Waals surface area contributed by atoms with Crippen LogP contribution in [0.5, 0.6) is 5.88 Å². The molecule has 25 heavy (non-hydrogen) atoms. The first-order valence-corrected chi connectivity index (χ1v) is 7.57. The van der Waals surface area contributed by atoms with E-state index < -0.39 is 17.7 Å². The molecule has 1 amide bonds. The summed E-state index contributed by atoms with van der Waals surface area (Å²) in [6.45, 7) is 5.35. The summed E-state index contributed by atoms with van der Waals surface area (Å²) in [5.74, 6) is -1.06. The fourth-order valence-electron chi connectivity index (χ4n) is 2.09. The fourth-order valence-corrected chi connectivity index (χ4v) is 2.09. The van der Waals surface area contributed by atoms with Crippen molar-refractivity contribution in [1.82, 2.24) is 4.98 Å². The van der Waals surface area contributed by atoms with Crippen LogP contribution in [0.4, 0.5) is 10.5 Å². The maximum Gasteiger partial charge on any atom is 0.412 e. The molecule has 132 valence electrons. The average molecular weight is 344 g/mol. The summed E-state index contributed by atoms with van der Waals surface area (Å²) in [7, 11) is 1.37. The molecule has 7 heteroatoms. The zero-order valence-electron chi connectivity index (χ0n) is 14.5. The van der Waals surface area contributed by atoms with E-state index in [0.29, 0.717) is 11.3 Å². The highest BCUT2D eigenvalue weighted by molar-refractivity contribution is 5.92. The summed E-state index contributed by atoms with van der Waals surface area (Å²) in [5.41, 5.74) is 1.36. The van der Waals surface area contributed by atoms with Crippen molar-refractivity contribution in [1.29, 1.82) is 0 Å². The molecule has 0 saturated carbocycles. The van der Waals surface area contributed by atoms with Gasteiger partial charge in [-0.1, -0.05) is 12.1 Å². The minimum absolute atomic E-state index is 0.0176. The first kappa shape index (κ1) is 18.3. The standard InChI is InChI=1S/C18H20N2O5/c1-18(2,3)25-17(23)20-13-7-5-11(6-8-13)12-9-14(16(21)22)15(24-4)19-10-12/h5-10H,1-4H3,(H,20,23)(H,21,22). The Hall–Kier alpha value is -3.09. The largest absolute Gasteiger partial charge is 0.480 e. The van der Waals surface area contributed by atoms with Crippen LogP contribution in [0.1, 0.15) is 31.1 Å². The number of pyridine rings is 1. The number of aromatic carboxylic acids is 1. The molecule has 2 N–H and O–H groups in total. The molecule has 1 heterocycles. The predicted octanol–water partition coefficient (Wildman–Crippen LogP) is 3.80. The van der Waals surface area contributed by atoms with Gasteiger partial charge in [0.15, 0.2) is 0 Å². The molecule has 1 aromatic heterocycles. The van der Waals surface area contributed by atoms with Crippen molar-refractivity contribution in [3.05, 3.63) is 42.1 Å². The molecule has 0 radical (unpaired) electrons. The van der Waals surface area contributed by atoms with Crippen molar-refractivity contribution in [2.45, 2.75) is 26.4 Å². The summed E-state index contributed by atoms with van der Waals surface area (Å²) in [6, 6.07) is 8.39. The second-order valence-corrected chi connectivity index (χ2v) is 6.29. The van der Waals surface area contributed by atoms with Crippen molar-refractivity contribution in [2.75, 3.05) is 12.4 Å². The number of benzene rings is 1. The summed E-state index contributed by atoms with van der Waals surface area (Å²) >= 11 is 0. The SMILES string of the molecule is COc1ncc(-c2ccc(NC(=O)OC(C)(C)C)cc2)cc1C(=O)O. The minimum Gasteiger partial charge on any atom is -0.480 e. The lowest BCUT2D eigenvalue weighted by Crippen LogP contribution is -2.27. The Morgan fingerprint density at radius 2 is 1.76 bits per heavy atom. The van der Waals surface area contributed by atoms with Gasteiger partial charge in [-0.2, -0.15) is 0 Å². The number of methoxy groups -OCH3 is 1. The van der Waals surface area contributed by atoms with Crippen LogP contribution in [0.25, 0.3) is 11.1 Å². The average Bonchev–Trinajstić information content (AvgIpc) is 2.53. The Kier molecular flexibility index (Phi) is 5.26. The molecule has 7 nitrogen and oxygen atoms in total. The molecule has 2 rings (SSSR count). The molecule has 2 aromatic rings. The van der Waals surface area contributed by atoms with Gasteiger partial charge in [0.05, 0.1) is 7.11 Å². The first-order chi connectivity index (χ1) is 11.7. The van der Waals surface area contributed by atoms with Gasteiger partial charge in [-0.25, -0.2) is 14.6 Å². The van der Waals surface area contributed by atoms with Gasteiger partial charge < -0.3 is 14.6 Å². The molecule has 0 saturated heterocycles. The first-order valence-electron chi connectivity index (χ1n) is 7.57. The lowest BCUT2D eigenvalue weighted by Gasteiger charge is -2.19. The van der Waals surface area contributed by atoms with Gasteiger partial charge in [0.25, 0.3) is 0 Å². The van der Waals surface area contributed by atoms with E-state index in [-0.39, 0.29) is 11.4 Å². The second-order valence-electron chi connectivity index (χ2n) is 6.29. The van der Waals surface area contributed by atoms with Crippen molar-refractivity contribution >= 4 is 17.7 Å². The highest BCUT2D eigenvalue weighted by Crippen LogP contribution is 2.25. The number of ether oxygens (including phenoxy) is 2. The number of carbonyl (C=O) groups is 2. The lowest BCUT2D eigenvalue weighted by molar-refractivity contribution is 0.0634. The van der Waals surface area contributed by atoms with Crippen molar-refractivity contribution < 1.29 is 24.2 Å². The van der Waals surface area contributed by atoms with Crippen LogP contribution in [-0.2, 0) is 4.74 Å². The van der Waals surface area contributed by atoms with Crippen LogP contribution < -0.4 is 10.1 Å². The number of aromatic nitrogens is 1. The Morgan fingerprint density at radius 3 is 2.28 bits per heavy atom. The normalized spacial score (nSPS) is 10.9. The highest BCUT2D eigenvalue weighted by atomic mass is 16.6. The predicted molar refractivity (Wildman–Crippen MR) is 93.0 cm³/mol. The fraction of sp³-hybridized carbons (Fsp3) is 0.278. The van der Waals surface area contributed by atoms with E-state index in [1.807, 2.05) is 0 Å². The van der Waals surface area contributed by atoms with Crippen molar-refractivity contribution in [3.63, 3.8) is 0 Å². The van der Waals surface area contributed by atoms with Crippen molar-refractivity contribution in [2.24, 2.45) is 0 Å². The molecule has 0 fully saturated rings. The van der Waals surface area contributed by atoms with E-state index in [2.05, 4.69) is 10.3 Å². The number of amides is 1. The Labute approximate surface area is 145 Å². The summed E-state index contributed by atoms with van der Waals surface area (Å²) in [6.07, 6.45) is 0.987. The van der Waals surface area contributed by atoms with Crippen LogP contribution in [0.3, 0.4) is 0 Å². The third kappa shape index (κ3) is 4.94. The number of nitrogens with zero attached hydrogens (tertiary/aromatic N) is 1. The zero-order chi connectivity index (χ0) is 18.6. The number of nitrogens with one attached hydrogen (secondary N) is 1. The number of anilines is 1. The van der Waals surface area contributed by atoms with Crippen LogP contribution in [0, 0.1) is 0 Å². The third-order valence-corrected chi connectivity index (χ3v) is 3.14. The van der Waals surface area contributed by atoms with E-state index in [1.165, 1.54) is 19.4 Å². The van der Waals surface area contributed by atoms with Gasteiger partial charge in [-0.15, -0.1) is 0 Å². The summed E-state index contributed by atoms with van der Waals surface area (Å²) in [4.78, 5) is 27.0. The zero-order valence-corrected chi connectivity index (χ0v) is 14.5. The van der Waals surface area contributed by atoms with Crippen LogP contribution in [-0.4, -0.2) is 34.9 Å². The lowest BCUT2D eigenvalue weighted by atomic mass is 10.1. The third-order valence-electron chi connectivity index (χ3n) is 3.14. The van der Waals surface area contributed by atoms with Gasteiger partial charge in [0.2, 0.25) is 5.88 Å². The minimum atomic E-state index is -1.12. The van der Waals surface area contributed by atoms with Crippen LogP contribution >= 0.6 is 0 Å². The molecule has 0 aliphatic rings. The van der Waals surface area contributed by atoms with Crippen LogP contribution in [0.2, 0.25) is 0 Å². The smallest absolute Gasteiger partial charge is 0.412 e. The monoisotopic (exact) mass is 344 g/mol. The molecule has 0 atom stereocenters. The van der Waals surface area contributed by atoms with Gasteiger partial charge in [0, 0.05) is 17.4 Å². The maximum atomic E-state index is 11.8. The number of carbonyl (C=O) groups excluding carboxylic acids is 1. The maximum absolute atomic E-state index is 11.8. The quantitative estimate of drug-likeness (QED) is 0.875. The Bertz CT molecular complexity index is 779. The van der Waals surface area contributed by atoms with Gasteiger partial charge in [0.1, 0.15) is 11.2 Å². The van der Waals surface area contributed by atoms with E-state index in [9.17, 15) is 14.7 Å². The summed E-state index contributed by atoms with van der Waals surface area (Å²) in [5, 5.41) is 11.9. The van der Waals surface area contributed by atoms with E-state index in [4.69, 9.17) is 9.47 Å². The van der Waals surface area contributed by atoms with Gasteiger partial charge in [-0.3, -0.25) is 5.32 Å². The number of carboxylic acids is 1. The number of hydrogen-bond donors (Lipinski definition) is 2. The molecule has 1 aromatic carbocycles. The molecule has 0 spiro atoms. The number of rotatable bonds is 4. The van der Waals surface area contributed by atoms with Crippen molar-refractivity contribution in [3.8, 4) is 17.0 Å². The van der Waals surface area contributed by atoms with E-state index in [0.717, 1.165) is 5.56 Å². The molecule has 0 aliphatic carbocycles. The van der Waals surface area contributed by atoms with E-state index >= 15 is 0 Å². The van der Waals surface area contributed by atoms with E-state index in [1.54, 1.807) is 45.0 Å². The molecule has 0 aliphatic heterocycles. The Morgan fingerprint density at radius 1 is 1.12 bits per heavy atom. The molecular weight excluding hydrogens is 324 g/mol. The second kappa shape index (κ2) is 7.21. The Balaban J connectivity index is 2.19. The highest BCUT2D eigenvalue weighted by Gasteiger charge is 2.16. The van der Waals surface area contributed by atoms with Gasteiger partial charge in [-0.05, 0) is 44.5 Å². The number of carboxylic acid groups (broad SMARTS) is 1. The molecule has 0 bridgehead atoms. The van der Waals surface area contributed by atoms with Gasteiger partial charge >= 0.3 is 12.1 Å². The molecule has 0 unspecified atom stereocenters. The van der Waals surface area contributed by atoms with Crippen LogP contribution in [0.15, 0.2) is 36.5 Å². The number of hydrogen-bond acceptors (Lipinski definition) is 5.